The van der Waals surface area contributed by atoms with Crippen LogP contribution in [0.1, 0.15) is 63.2 Å². The highest BCUT2D eigenvalue weighted by atomic mass is 16.5. The lowest BCUT2D eigenvalue weighted by atomic mass is 9.74. The van der Waals surface area contributed by atoms with Gasteiger partial charge >= 0.3 is 0 Å². The number of aryl methyl sites for hydroxylation is 1. The van der Waals surface area contributed by atoms with Gasteiger partial charge in [-0.3, -0.25) is 0 Å². The minimum atomic E-state index is -0.518. The van der Waals surface area contributed by atoms with E-state index in [1.54, 1.807) is 7.11 Å². The molecule has 1 saturated carbocycles. The fourth-order valence-electron chi connectivity index (χ4n) is 3.30. The monoisotopic (exact) mass is 276 g/mol. The molecule has 0 bridgehead atoms. The van der Waals surface area contributed by atoms with E-state index in [1.807, 2.05) is 0 Å². The maximum Gasteiger partial charge on any atom is 0.108 e. The van der Waals surface area contributed by atoms with E-state index in [4.69, 9.17) is 4.74 Å². The Morgan fingerprint density at radius 1 is 1.25 bits per heavy atom. The molecule has 1 atom stereocenters. The Kier molecular flexibility index (Phi) is 5.22. The Morgan fingerprint density at radius 2 is 1.85 bits per heavy atom. The fraction of sp³-hybridized carbons (Fsp3) is 0.667. The van der Waals surface area contributed by atoms with Crippen LogP contribution in [0.4, 0.5) is 0 Å². The molecule has 1 N–H and O–H groups in total. The number of hydrogen-bond donors (Lipinski definition) is 1. The van der Waals surface area contributed by atoms with E-state index >= 15 is 0 Å². The molecule has 20 heavy (non-hydrogen) atoms. The van der Waals surface area contributed by atoms with Crippen LogP contribution in [0.25, 0.3) is 0 Å². The summed E-state index contributed by atoms with van der Waals surface area (Å²) >= 11 is 0. The predicted octanol–water partition coefficient (Wildman–Crippen LogP) is 4.27. The molecule has 0 heterocycles. The average molecular weight is 276 g/mol. The molecule has 1 unspecified atom stereocenters. The largest absolute Gasteiger partial charge is 0.385 e. The molecule has 112 valence electrons. The third-order valence-corrected chi connectivity index (χ3v) is 4.86. The third kappa shape index (κ3) is 3.24. The standard InChI is InChI=1S/C18H28O2/c1-4-5-15-6-8-16(9-7-15)17(19)18(20-3)12-10-14(2)11-13-18/h6-9,14,17,19H,4-5,10-13H2,1-3H3. The van der Waals surface area contributed by atoms with Crippen molar-refractivity contribution in [3.8, 4) is 0 Å². The SMILES string of the molecule is CCCc1ccc(C(O)C2(OC)CCC(C)CC2)cc1. The Morgan fingerprint density at radius 3 is 2.35 bits per heavy atom. The van der Waals surface area contributed by atoms with Crippen molar-refractivity contribution in [3.63, 3.8) is 0 Å². The first kappa shape index (κ1) is 15.5. The summed E-state index contributed by atoms with van der Waals surface area (Å²) in [6.07, 6.45) is 5.91. The van der Waals surface area contributed by atoms with Crippen molar-refractivity contribution in [1.82, 2.24) is 0 Å². The molecule has 0 amide bonds. The van der Waals surface area contributed by atoms with Crippen LogP contribution in [0.3, 0.4) is 0 Å². The van der Waals surface area contributed by atoms with Crippen LogP contribution in [0.5, 0.6) is 0 Å². The van der Waals surface area contributed by atoms with Crippen molar-refractivity contribution >= 4 is 0 Å². The van der Waals surface area contributed by atoms with Crippen LogP contribution < -0.4 is 0 Å². The lowest BCUT2D eigenvalue weighted by Crippen LogP contribution is -2.41. The highest BCUT2D eigenvalue weighted by Crippen LogP contribution is 2.42. The summed E-state index contributed by atoms with van der Waals surface area (Å²) in [4.78, 5) is 0. The van der Waals surface area contributed by atoms with Gasteiger partial charge in [0.2, 0.25) is 0 Å². The number of ether oxygens (including phenoxy) is 1. The molecule has 2 rings (SSSR count). The fourth-order valence-corrected chi connectivity index (χ4v) is 3.30. The Bertz CT molecular complexity index is 402. The zero-order chi connectivity index (χ0) is 14.6. The number of methoxy groups -OCH3 is 1. The maximum absolute atomic E-state index is 10.8. The van der Waals surface area contributed by atoms with Gasteiger partial charge in [-0.2, -0.15) is 0 Å². The summed E-state index contributed by atoms with van der Waals surface area (Å²) in [6, 6.07) is 8.40. The van der Waals surface area contributed by atoms with Gasteiger partial charge in [0.25, 0.3) is 0 Å². The van der Waals surface area contributed by atoms with E-state index in [2.05, 4.69) is 38.1 Å². The van der Waals surface area contributed by atoms with Gasteiger partial charge in [-0.05, 0) is 49.1 Å². The van der Waals surface area contributed by atoms with Crippen molar-refractivity contribution in [2.75, 3.05) is 7.11 Å². The molecule has 1 aromatic rings. The molecular formula is C18H28O2. The van der Waals surface area contributed by atoms with Gasteiger partial charge in [-0.15, -0.1) is 0 Å². The van der Waals surface area contributed by atoms with Gasteiger partial charge in [0.1, 0.15) is 6.10 Å². The molecule has 1 aliphatic carbocycles. The minimum Gasteiger partial charge on any atom is -0.385 e. The third-order valence-electron chi connectivity index (χ3n) is 4.86. The molecular weight excluding hydrogens is 248 g/mol. The van der Waals surface area contributed by atoms with Crippen LogP contribution >= 0.6 is 0 Å². The van der Waals surface area contributed by atoms with Crippen molar-refractivity contribution in [2.45, 2.75) is 64.1 Å². The number of benzene rings is 1. The number of aliphatic hydroxyl groups is 1. The minimum absolute atomic E-state index is 0.390. The van der Waals surface area contributed by atoms with E-state index in [1.165, 1.54) is 5.56 Å². The summed E-state index contributed by atoms with van der Waals surface area (Å²) in [5.41, 5.74) is 1.94. The quantitative estimate of drug-likeness (QED) is 0.870. The van der Waals surface area contributed by atoms with Crippen molar-refractivity contribution in [3.05, 3.63) is 35.4 Å². The van der Waals surface area contributed by atoms with Crippen LogP contribution in [-0.4, -0.2) is 17.8 Å². The van der Waals surface area contributed by atoms with Crippen LogP contribution in [0.2, 0.25) is 0 Å². The Hall–Kier alpha value is -0.860. The van der Waals surface area contributed by atoms with Crippen molar-refractivity contribution < 1.29 is 9.84 Å². The molecule has 1 fully saturated rings. The molecule has 2 heteroatoms. The zero-order valence-electron chi connectivity index (χ0n) is 13.1. The van der Waals surface area contributed by atoms with Gasteiger partial charge in [0.15, 0.2) is 0 Å². The van der Waals surface area contributed by atoms with Gasteiger partial charge in [0, 0.05) is 7.11 Å². The second kappa shape index (κ2) is 6.73. The first-order valence-electron chi connectivity index (χ1n) is 7.93. The van der Waals surface area contributed by atoms with E-state index in [-0.39, 0.29) is 0 Å². The molecule has 0 aromatic heterocycles. The molecule has 1 aliphatic rings. The van der Waals surface area contributed by atoms with E-state index < -0.39 is 11.7 Å². The summed E-state index contributed by atoms with van der Waals surface area (Å²) in [7, 11) is 1.74. The van der Waals surface area contributed by atoms with Gasteiger partial charge in [-0.25, -0.2) is 0 Å². The van der Waals surface area contributed by atoms with Crippen molar-refractivity contribution in [1.29, 1.82) is 0 Å². The van der Waals surface area contributed by atoms with Crippen molar-refractivity contribution in [2.24, 2.45) is 5.92 Å². The van der Waals surface area contributed by atoms with Gasteiger partial charge < -0.3 is 9.84 Å². The predicted molar refractivity (Wildman–Crippen MR) is 82.8 cm³/mol. The average Bonchev–Trinajstić information content (AvgIpc) is 2.49. The smallest absolute Gasteiger partial charge is 0.108 e. The van der Waals surface area contributed by atoms with Crippen LogP contribution in [0.15, 0.2) is 24.3 Å². The number of rotatable bonds is 5. The van der Waals surface area contributed by atoms with Crippen LogP contribution in [-0.2, 0) is 11.2 Å². The highest BCUT2D eigenvalue weighted by molar-refractivity contribution is 5.26. The van der Waals surface area contributed by atoms with Crippen LogP contribution in [0, 0.1) is 5.92 Å². The first-order chi connectivity index (χ1) is 9.61. The summed E-state index contributed by atoms with van der Waals surface area (Å²) < 4.78 is 5.77. The van der Waals surface area contributed by atoms with E-state index in [9.17, 15) is 5.11 Å². The molecule has 0 radical (unpaired) electrons. The summed E-state index contributed by atoms with van der Waals surface area (Å²) in [6.45, 7) is 4.47. The Balaban J connectivity index is 2.13. The molecule has 0 aliphatic heterocycles. The molecule has 2 nitrogen and oxygen atoms in total. The normalized spacial score (nSPS) is 28.3. The zero-order valence-corrected chi connectivity index (χ0v) is 13.1. The first-order valence-corrected chi connectivity index (χ1v) is 7.93. The molecule has 0 saturated heterocycles. The van der Waals surface area contributed by atoms with E-state index in [0.717, 1.165) is 50.0 Å². The highest BCUT2D eigenvalue weighted by Gasteiger charge is 2.41. The molecule has 0 spiro atoms. The van der Waals surface area contributed by atoms with E-state index in [0.29, 0.717) is 0 Å². The van der Waals surface area contributed by atoms with Gasteiger partial charge in [-0.1, -0.05) is 44.5 Å². The summed E-state index contributed by atoms with van der Waals surface area (Å²) in [5.74, 6) is 0.748. The lowest BCUT2D eigenvalue weighted by Gasteiger charge is -2.41. The number of aliphatic hydroxyl groups excluding tert-OH is 1. The topological polar surface area (TPSA) is 29.5 Å². The second-order valence-electron chi connectivity index (χ2n) is 6.35. The lowest BCUT2D eigenvalue weighted by molar-refractivity contribution is -0.130. The maximum atomic E-state index is 10.8. The number of hydrogen-bond acceptors (Lipinski definition) is 2. The van der Waals surface area contributed by atoms with Gasteiger partial charge in [0.05, 0.1) is 5.60 Å². The summed E-state index contributed by atoms with van der Waals surface area (Å²) in [5, 5.41) is 10.8. The Labute approximate surface area is 123 Å². The molecule has 1 aromatic carbocycles. The second-order valence-corrected chi connectivity index (χ2v) is 6.35.